The molecule has 0 unspecified atom stereocenters. The van der Waals surface area contributed by atoms with Crippen molar-refractivity contribution in [3.05, 3.63) is 46.7 Å². The van der Waals surface area contributed by atoms with Gasteiger partial charge in [0.15, 0.2) is 5.69 Å². The molecule has 0 amide bonds. The van der Waals surface area contributed by atoms with E-state index in [0.717, 1.165) is 22.9 Å². The van der Waals surface area contributed by atoms with Crippen LogP contribution in [-0.2, 0) is 4.74 Å². The fraction of sp³-hybridized carbons (Fsp3) is 0.167. The van der Waals surface area contributed by atoms with Crippen molar-refractivity contribution < 1.29 is 18.3 Å². The van der Waals surface area contributed by atoms with Crippen molar-refractivity contribution in [3.8, 4) is 5.69 Å². The van der Waals surface area contributed by atoms with Crippen LogP contribution in [0.1, 0.15) is 17.4 Å². The molecule has 1 aromatic carbocycles. The van der Waals surface area contributed by atoms with Gasteiger partial charge in [0.05, 0.1) is 23.5 Å². The maximum absolute atomic E-state index is 13.1. The van der Waals surface area contributed by atoms with Crippen LogP contribution in [-0.4, -0.2) is 22.4 Å². The second kappa shape index (κ2) is 5.36. The lowest BCUT2D eigenvalue weighted by atomic mass is 10.3. The number of nitrogens with zero attached hydrogens (tertiary/aromatic N) is 2. The summed E-state index contributed by atoms with van der Waals surface area (Å²) in [5.41, 5.74) is 0.0168. The van der Waals surface area contributed by atoms with E-state index < -0.39 is 17.6 Å². The predicted molar refractivity (Wildman–Crippen MR) is 64.4 cm³/mol. The Kier molecular flexibility index (Phi) is 3.80. The van der Waals surface area contributed by atoms with E-state index in [1.165, 1.54) is 6.20 Å². The Morgan fingerprint density at radius 3 is 2.58 bits per heavy atom. The molecule has 19 heavy (non-hydrogen) atoms. The van der Waals surface area contributed by atoms with Crippen LogP contribution in [0.2, 0.25) is 5.02 Å². The average Bonchev–Trinajstić information content (AvgIpc) is 2.70. The minimum Gasteiger partial charge on any atom is -0.461 e. The molecule has 7 heteroatoms. The summed E-state index contributed by atoms with van der Waals surface area (Å²) in [6, 6.07) is 2.88. The summed E-state index contributed by atoms with van der Waals surface area (Å²) in [6.07, 6.45) is 1.28. The molecule has 2 aromatic rings. The number of carbonyl (C=O) groups excluding carboxylic acids is 1. The third kappa shape index (κ3) is 2.90. The third-order valence-electron chi connectivity index (χ3n) is 2.25. The largest absolute Gasteiger partial charge is 0.461 e. The van der Waals surface area contributed by atoms with E-state index in [1.807, 2.05) is 0 Å². The molecular weight excluding hydrogens is 278 g/mol. The summed E-state index contributed by atoms with van der Waals surface area (Å²) in [7, 11) is 0. The highest BCUT2D eigenvalue weighted by Crippen LogP contribution is 2.19. The van der Waals surface area contributed by atoms with Gasteiger partial charge in [-0.3, -0.25) is 0 Å². The molecule has 0 spiro atoms. The number of benzene rings is 1. The number of carbonyl (C=O) groups is 1. The number of esters is 1. The van der Waals surface area contributed by atoms with Crippen molar-refractivity contribution in [1.82, 2.24) is 9.78 Å². The Labute approximate surface area is 112 Å². The molecule has 1 heterocycles. The van der Waals surface area contributed by atoms with Gasteiger partial charge in [-0.05, 0) is 19.1 Å². The molecular formula is C12H9ClF2N2O2. The fourth-order valence-electron chi connectivity index (χ4n) is 1.49. The number of ether oxygens (including phenoxy) is 1. The number of hydrogen-bond donors (Lipinski definition) is 0. The zero-order valence-corrected chi connectivity index (χ0v) is 10.6. The maximum atomic E-state index is 13.1. The highest BCUT2D eigenvalue weighted by Gasteiger charge is 2.17. The van der Waals surface area contributed by atoms with Crippen LogP contribution in [0.15, 0.2) is 24.4 Å². The minimum atomic E-state index is -0.751. The molecule has 0 atom stereocenters. The first-order chi connectivity index (χ1) is 9.01. The molecule has 100 valence electrons. The maximum Gasteiger partial charge on any atom is 0.360 e. The van der Waals surface area contributed by atoms with Gasteiger partial charge >= 0.3 is 5.97 Å². The number of hydrogen-bond acceptors (Lipinski definition) is 3. The van der Waals surface area contributed by atoms with Gasteiger partial charge in [-0.15, -0.1) is 0 Å². The first-order valence-electron chi connectivity index (χ1n) is 5.40. The van der Waals surface area contributed by atoms with Gasteiger partial charge in [0, 0.05) is 6.07 Å². The minimum absolute atomic E-state index is 0.0446. The van der Waals surface area contributed by atoms with Gasteiger partial charge in [0.2, 0.25) is 0 Å². The Morgan fingerprint density at radius 2 is 2.00 bits per heavy atom. The van der Waals surface area contributed by atoms with Crippen molar-refractivity contribution in [2.24, 2.45) is 0 Å². The molecule has 2 rings (SSSR count). The van der Waals surface area contributed by atoms with Crippen LogP contribution in [0, 0.1) is 11.6 Å². The first-order valence-corrected chi connectivity index (χ1v) is 5.78. The smallest absolute Gasteiger partial charge is 0.360 e. The van der Waals surface area contributed by atoms with Gasteiger partial charge in [-0.2, -0.15) is 5.10 Å². The van der Waals surface area contributed by atoms with Crippen molar-refractivity contribution >= 4 is 17.6 Å². The Bertz CT molecular complexity index is 608. The van der Waals surface area contributed by atoms with Crippen LogP contribution in [0.5, 0.6) is 0 Å². The monoisotopic (exact) mass is 286 g/mol. The Balaban J connectivity index is 2.41. The fourth-order valence-corrected chi connectivity index (χ4v) is 1.70. The van der Waals surface area contributed by atoms with Crippen LogP contribution in [0.25, 0.3) is 5.69 Å². The molecule has 4 nitrogen and oxygen atoms in total. The van der Waals surface area contributed by atoms with Gasteiger partial charge in [-0.1, -0.05) is 11.6 Å². The van der Waals surface area contributed by atoms with Crippen LogP contribution >= 0.6 is 11.6 Å². The zero-order chi connectivity index (χ0) is 14.0. The highest BCUT2D eigenvalue weighted by molar-refractivity contribution is 6.33. The van der Waals surface area contributed by atoms with Crippen molar-refractivity contribution in [2.75, 3.05) is 6.61 Å². The van der Waals surface area contributed by atoms with E-state index in [0.29, 0.717) is 0 Å². The van der Waals surface area contributed by atoms with Crippen LogP contribution < -0.4 is 0 Å². The lowest BCUT2D eigenvalue weighted by Gasteiger charge is -2.01. The number of halogens is 3. The normalized spacial score (nSPS) is 10.5. The second-order valence-corrected chi connectivity index (χ2v) is 4.03. The van der Waals surface area contributed by atoms with Crippen molar-refractivity contribution in [1.29, 1.82) is 0 Å². The van der Waals surface area contributed by atoms with Crippen LogP contribution in [0.3, 0.4) is 0 Å². The van der Waals surface area contributed by atoms with Gasteiger partial charge < -0.3 is 4.74 Å². The summed E-state index contributed by atoms with van der Waals surface area (Å²) >= 11 is 5.83. The summed E-state index contributed by atoms with van der Waals surface area (Å²) in [5.74, 6) is -2.19. The molecule has 1 aromatic heterocycles. The van der Waals surface area contributed by atoms with E-state index in [2.05, 4.69) is 5.10 Å². The topological polar surface area (TPSA) is 44.1 Å². The molecule has 0 aliphatic rings. The number of rotatable bonds is 3. The third-order valence-corrected chi connectivity index (χ3v) is 2.53. The molecule has 0 fully saturated rings. The summed E-state index contributed by atoms with van der Waals surface area (Å²) in [5, 5.41) is 3.90. The van der Waals surface area contributed by atoms with E-state index in [1.54, 1.807) is 6.92 Å². The van der Waals surface area contributed by atoms with Gasteiger partial charge in [0.25, 0.3) is 0 Å². The molecule has 0 aliphatic carbocycles. The van der Waals surface area contributed by atoms with E-state index >= 15 is 0 Å². The SMILES string of the molecule is CCOC(=O)c1nn(-c2cc(F)cc(F)c2)cc1Cl. The lowest BCUT2D eigenvalue weighted by Crippen LogP contribution is -2.07. The predicted octanol–water partition coefficient (Wildman–Crippen LogP) is 2.98. The highest BCUT2D eigenvalue weighted by atomic mass is 35.5. The van der Waals surface area contributed by atoms with Crippen molar-refractivity contribution in [2.45, 2.75) is 6.92 Å². The van der Waals surface area contributed by atoms with E-state index in [9.17, 15) is 13.6 Å². The van der Waals surface area contributed by atoms with E-state index in [-0.39, 0.29) is 23.0 Å². The summed E-state index contributed by atoms with van der Waals surface area (Å²) in [6.45, 7) is 1.82. The molecule has 0 radical (unpaired) electrons. The Morgan fingerprint density at radius 1 is 1.37 bits per heavy atom. The molecule has 0 bridgehead atoms. The number of aromatic nitrogens is 2. The Hall–Kier alpha value is -1.95. The first kappa shape index (κ1) is 13.5. The molecule has 0 saturated carbocycles. The molecule has 0 aliphatic heterocycles. The van der Waals surface area contributed by atoms with Crippen molar-refractivity contribution in [3.63, 3.8) is 0 Å². The zero-order valence-electron chi connectivity index (χ0n) is 9.86. The standard InChI is InChI=1S/C12H9ClF2N2O2/c1-2-19-12(18)11-10(13)6-17(16-11)9-4-7(14)3-8(15)5-9/h3-6H,2H2,1H3. The molecule has 0 N–H and O–H groups in total. The summed E-state index contributed by atoms with van der Waals surface area (Å²) < 4.78 is 32.1. The average molecular weight is 287 g/mol. The van der Waals surface area contributed by atoms with E-state index in [4.69, 9.17) is 16.3 Å². The summed E-state index contributed by atoms with van der Waals surface area (Å²) in [4.78, 5) is 11.5. The lowest BCUT2D eigenvalue weighted by molar-refractivity contribution is 0.0519. The van der Waals surface area contributed by atoms with Crippen LogP contribution in [0.4, 0.5) is 8.78 Å². The molecule has 0 saturated heterocycles. The quantitative estimate of drug-likeness (QED) is 0.815. The van der Waals surface area contributed by atoms with Gasteiger partial charge in [0.1, 0.15) is 11.6 Å². The second-order valence-electron chi connectivity index (χ2n) is 3.62. The van der Waals surface area contributed by atoms with Gasteiger partial charge in [-0.25, -0.2) is 18.3 Å².